The third kappa shape index (κ3) is 1.75. The van der Waals surface area contributed by atoms with Crippen LogP contribution in [0.3, 0.4) is 0 Å². The number of aryl methyl sites for hydroxylation is 1. The number of likely N-dealkylation sites (tertiary alicyclic amines) is 1. The van der Waals surface area contributed by atoms with Crippen LogP contribution in [0.4, 0.5) is 4.39 Å². The molecule has 1 aliphatic rings. The van der Waals surface area contributed by atoms with Gasteiger partial charge in [-0.1, -0.05) is 26.0 Å². The predicted molar refractivity (Wildman–Crippen MR) is 65.2 cm³/mol. The van der Waals surface area contributed by atoms with Crippen LogP contribution in [0.2, 0.25) is 0 Å². The number of nitrogens with zero attached hydrogens (tertiary/aromatic N) is 1. The zero-order chi connectivity index (χ0) is 11.9. The first kappa shape index (κ1) is 11.6. The molecule has 0 saturated carbocycles. The average molecular weight is 221 g/mol. The Morgan fingerprint density at radius 1 is 1.44 bits per heavy atom. The summed E-state index contributed by atoms with van der Waals surface area (Å²) in [7, 11) is 2.15. The van der Waals surface area contributed by atoms with Crippen LogP contribution < -0.4 is 0 Å². The summed E-state index contributed by atoms with van der Waals surface area (Å²) in [6, 6.07) is 5.55. The van der Waals surface area contributed by atoms with Crippen LogP contribution in [0.25, 0.3) is 0 Å². The Morgan fingerprint density at radius 3 is 2.62 bits per heavy atom. The third-order valence-corrected chi connectivity index (χ3v) is 4.09. The van der Waals surface area contributed by atoms with Gasteiger partial charge in [0.25, 0.3) is 0 Å². The van der Waals surface area contributed by atoms with Gasteiger partial charge in [-0.3, -0.25) is 0 Å². The molecule has 0 amide bonds. The second-order valence-electron chi connectivity index (χ2n) is 5.48. The van der Waals surface area contributed by atoms with Crippen molar-refractivity contribution in [2.45, 2.75) is 26.2 Å². The van der Waals surface area contributed by atoms with E-state index < -0.39 is 0 Å². The molecule has 0 aromatic heterocycles. The van der Waals surface area contributed by atoms with Crippen molar-refractivity contribution in [2.75, 3.05) is 20.1 Å². The van der Waals surface area contributed by atoms with Crippen molar-refractivity contribution < 1.29 is 4.39 Å². The summed E-state index contributed by atoms with van der Waals surface area (Å²) in [4.78, 5) is 2.35. The lowest BCUT2D eigenvalue weighted by atomic mass is 9.75. The van der Waals surface area contributed by atoms with Crippen LogP contribution in [-0.2, 0) is 5.41 Å². The summed E-state index contributed by atoms with van der Waals surface area (Å²) in [5.74, 6) is 0.508. The smallest absolute Gasteiger partial charge is 0.126 e. The van der Waals surface area contributed by atoms with Crippen molar-refractivity contribution in [1.29, 1.82) is 0 Å². The number of halogens is 1. The predicted octanol–water partition coefficient (Wildman–Crippen LogP) is 2.97. The van der Waals surface area contributed by atoms with Gasteiger partial charge in [-0.25, -0.2) is 4.39 Å². The topological polar surface area (TPSA) is 3.24 Å². The maximum Gasteiger partial charge on any atom is 0.126 e. The first-order valence-electron chi connectivity index (χ1n) is 5.88. The molecule has 88 valence electrons. The van der Waals surface area contributed by atoms with Gasteiger partial charge >= 0.3 is 0 Å². The van der Waals surface area contributed by atoms with E-state index in [1.165, 1.54) is 5.56 Å². The molecule has 2 heteroatoms. The van der Waals surface area contributed by atoms with E-state index in [0.29, 0.717) is 5.92 Å². The van der Waals surface area contributed by atoms with Gasteiger partial charge < -0.3 is 4.90 Å². The number of likely N-dealkylation sites (N-methyl/N-ethyl adjacent to an activating group) is 1. The van der Waals surface area contributed by atoms with Crippen molar-refractivity contribution in [3.63, 3.8) is 0 Å². The van der Waals surface area contributed by atoms with Crippen molar-refractivity contribution in [1.82, 2.24) is 4.90 Å². The number of benzene rings is 1. The SMILES string of the molecule is Cc1cc(C2(C)CN(C)CC2C)ccc1F. The van der Waals surface area contributed by atoms with Crippen LogP contribution in [0, 0.1) is 18.7 Å². The van der Waals surface area contributed by atoms with E-state index in [1.54, 1.807) is 6.07 Å². The molecule has 1 heterocycles. The van der Waals surface area contributed by atoms with E-state index in [2.05, 4.69) is 25.8 Å². The van der Waals surface area contributed by atoms with E-state index in [9.17, 15) is 4.39 Å². The highest BCUT2D eigenvalue weighted by atomic mass is 19.1. The van der Waals surface area contributed by atoms with Gasteiger partial charge in [0.15, 0.2) is 0 Å². The van der Waals surface area contributed by atoms with Gasteiger partial charge in [-0.15, -0.1) is 0 Å². The molecule has 1 nitrogen and oxygen atoms in total. The summed E-state index contributed by atoms with van der Waals surface area (Å²) >= 11 is 0. The van der Waals surface area contributed by atoms with Crippen molar-refractivity contribution in [2.24, 2.45) is 5.92 Å². The minimum Gasteiger partial charge on any atom is -0.305 e. The van der Waals surface area contributed by atoms with Gasteiger partial charge in [-0.2, -0.15) is 0 Å². The van der Waals surface area contributed by atoms with Gasteiger partial charge in [0.2, 0.25) is 0 Å². The highest BCUT2D eigenvalue weighted by Crippen LogP contribution is 2.38. The maximum atomic E-state index is 13.3. The fraction of sp³-hybridized carbons (Fsp3) is 0.571. The molecular weight excluding hydrogens is 201 g/mol. The molecular formula is C14H20FN. The van der Waals surface area contributed by atoms with E-state index in [1.807, 2.05) is 19.1 Å². The number of rotatable bonds is 1. The summed E-state index contributed by atoms with van der Waals surface area (Å²) in [6.45, 7) is 8.58. The van der Waals surface area contributed by atoms with Crippen molar-refractivity contribution in [3.8, 4) is 0 Å². The molecule has 0 aliphatic carbocycles. The lowest BCUT2D eigenvalue weighted by Gasteiger charge is -2.29. The molecule has 0 radical (unpaired) electrons. The fourth-order valence-electron chi connectivity index (χ4n) is 2.83. The molecule has 16 heavy (non-hydrogen) atoms. The maximum absolute atomic E-state index is 13.3. The molecule has 2 unspecified atom stereocenters. The van der Waals surface area contributed by atoms with E-state index in [-0.39, 0.29) is 11.2 Å². The van der Waals surface area contributed by atoms with Crippen LogP contribution in [0.1, 0.15) is 25.0 Å². The van der Waals surface area contributed by atoms with Crippen molar-refractivity contribution >= 4 is 0 Å². The van der Waals surface area contributed by atoms with Gasteiger partial charge in [0, 0.05) is 18.5 Å². The molecule has 2 atom stereocenters. The summed E-state index contributed by atoms with van der Waals surface area (Å²) in [5, 5.41) is 0. The first-order chi connectivity index (χ1) is 7.43. The van der Waals surface area contributed by atoms with E-state index >= 15 is 0 Å². The van der Waals surface area contributed by atoms with Gasteiger partial charge in [-0.05, 0) is 37.1 Å². The molecule has 0 spiro atoms. The molecule has 1 aliphatic heterocycles. The first-order valence-corrected chi connectivity index (χ1v) is 5.88. The largest absolute Gasteiger partial charge is 0.305 e. The number of hydrogen-bond donors (Lipinski definition) is 0. The minimum atomic E-state index is -0.105. The molecule has 1 aromatic carbocycles. The second kappa shape index (κ2) is 3.85. The Bertz CT molecular complexity index is 402. The Morgan fingerprint density at radius 2 is 2.12 bits per heavy atom. The monoisotopic (exact) mass is 221 g/mol. The zero-order valence-electron chi connectivity index (χ0n) is 10.5. The van der Waals surface area contributed by atoms with E-state index in [4.69, 9.17) is 0 Å². The van der Waals surface area contributed by atoms with Gasteiger partial charge in [0.1, 0.15) is 5.82 Å². The molecule has 1 saturated heterocycles. The van der Waals surface area contributed by atoms with E-state index in [0.717, 1.165) is 18.7 Å². The molecule has 1 fully saturated rings. The Kier molecular flexibility index (Phi) is 2.79. The zero-order valence-corrected chi connectivity index (χ0v) is 10.5. The van der Waals surface area contributed by atoms with Crippen LogP contribution in [-0.4, -0.2) is 25.0 Å². The Labute approximate surface area is 97.3 Å². The molecule has 0 N–H and O–H groups in total. The summed E-state index contributed by atoms with van der Waals surface area (Å²) < 4.78 is 13.3. The summed E-state index contributed by atoms with van der Waals surface area (Å²) in [6.07, 6.45) is 0. The third-order valence-electron chi connectivity index (χ3n) is 4.09. The lowest BCUT2D eigenvalue weighted by molar-refractivity contribution is 0.377. The van der Waals surface area contributed by atoms with Crippen LogP contribution in [0.5, 0.6) is 0 Å². The van der Waals surface area contributed by atoms with Crippen LogP contribution in [0.15, 0.2) is 18.2 Å². The quantitative estimate of drug-likeness (QED) is 0.704. The fourth-order valence-corrected chi connectivity index (χ4v) is 2.83. The lowest BCUT2D eigenvalue weighted by Crippen LogP contribution is -2.30. The normalized spacial score (nSPS) is 30.9. The van der Waals surface area contributed by atoms with Crippen LogP contribution >= 0.6 is 0 Å². The molecule has 0 bridgehead atoms. The number of hydrogen-bond acceptors (Lipinski definition) is 1. The standard InChI is InChI=1S/C14H20FN/c1-10-7-12(5-6-13(10)15)14(3)9-16(4)8-11(14)2/h5-7,11H,8-9H2,1-4H3. The molecule has 1 aromatic rings. The minimum absolute atomic E-state index is 0.105. The molecule has 2 rings (SSSR count). The summed E-state index contributed by atoms with van der Waals surface area (Å²) in [5.41, 5.74) is 2.18. The average Bonchev–Trinajstić information content (AvgIpc) is 2.46. The Hall–Kier alpha value is -0.890. The highest BCUT2D eigenvalue weighted by Gasteiger charge is 2.40. The second-order valence-corrected chi connectivity index (χ2v) is 5.48. The van der Waals surface area contributed by atoms with Crippen molar-refractivity contribution in [3.05, 3.63) is 35.1 Å². The Balaban J connectivity index is 2.39. The van der Waals surface area contributed by atoms with Gasteiger partial charge in [0.05, 0.1) is 0 Å². The highest BCUT2D eigenvalue weighted by molar-refractivity contribution is 5.32.